The molecule has 1 fully saturated rings. The molecule has 1 heterocycles. The van der Waals surface area contributed by atoms with Crippen molar-refractivity contribution in [2.24, 2.45) is 0 Å². The van der Waals surface area contributed by atoms with Gasteiger partial charge in [-0.15, -0.1) is 0 Å². The Bertz CT molecular complexity index is 730. The highest BCUT2D eigenvalue weighted by molar-refractivity contribution is 5.99. The standard InChI is InChI=1S/C20H25N3O3/c21-18-7-3-2-6-17(18)20(24)22-15-16-5-1-4-8-19(16)26-14-11-23-9-12-25-13-10-23/h1-8H,9-15,21H2,(H,22,24). The fourth-order valence-electron chi connectivity index (χ4n) is 2.87. The van der Waals surface area contributed by atoms with E-state index in [1.807, 2.05) is 30.3 Å². The number of hydrogen-bond acceptors (Lipinski definition) is 5. The van der Waals surface area contributed by atoms with Crippen LogP contribution in [0.15, 0.2) is 48.5 Å². The van der Waals surface area contributed by atoms with Gasteiger partial charge in [0.1, 0.15) is 12.4 Å². The average Bonchev–Trinajstić information content (AvgIpc) is 2.68. The first-order chi connectivity index (χ1) is 12.7. The number of carbonyl (C=O) groups is 1. The summed E-state index contributed by atoms with van der Waals surface area (Å²) in [5.41, 5.74) is 7.76. The Hall–Kier alpha value is -2.57. The van der Waals surface area contributed by atoms with Crippen molar-refractivity contribution in [3.63, 3.8) is 0 Å². The van der Waals surface area contributed by atoms with E-state index in [4.69, 9.17) is 15.2 Å². The summed E-state index contributed by atoms with van der Waals surface area (Å²) in [7, 11) is 0. The molecule has 0 aromatic heterocycles. The molecule has 0 saturated carbocycles. The lowest BCUT2D eigenvalue weighted by atomic mass is 10.1. The summed E-state index contributed by atoms with van der Waals surface area (Å²) in [6, 6.07) is 14.8. The molecule has 2 aromatic rings. The predicted molar refractivity (Wildman–Crippen MR) is 101 cm³/mol. The third kappa shape index (κ3) is 4.97. The quantitative estimate of drug-likeness (QED) is 0.742. The Morgan fingerprint density at radius 2 is 1.85 bits per heavy atom. The first-order valence-corrected chi connectivity index (χ1v) is 8.87. The third-order valence-corrected chi connectivity index (χ3v) is 4.39. The molecule has 0 spiro atoms. The number of nitrogens with two attached hydrogens (primary N) is 1. The largest absolute Gasteiger partial charge is 0.492 e. The molecule has 3 rings (SSSR count). The number of para-hydroxylation sites is 2. The van der Waals surface area contributed by atoms with Crippen LogP contribution in [0.2, 0.25) is 0 Å². The topological polar surface area (TPSA) is 76.8 Å². The van der Waals surface area contributed by atoms with Crippen LogP contribution in [0.4, 0.5) is 5.69 Å². The number of benzene rings is 2. The zero-order valence-corrected chi connectivity index (χ0v) is 14.8. The SMILES string of the molecule is Nc1ccccc1C(=O)NCc1ccccc1OCCN1CCOCC1. The molecule has 138 valence electrons. The Labute approximate surface area is 153 Å². The van der Waals surface area contributed by atoms with Crippen LogP contribution in [0.5, 0.6) is 5.75 Å². The zero-order valence-electron chi connectivity index (χ0n) is 14.8. The van der Waals surface area contributed by atoms with Crippen LogP contribution in [-0.4, -0.2) is 50.3 Å². The second-order valence-electron chi connectivity index (χ2n) is 6.18. The first-order valence-electron chi connectivity index (χ1n) is 8.87. The summed E-state index contributed by atoms with van der Waals surface area (Å²) in [5, 5.41) is 2.91. The molecule has 6 heteroatoms. The van der Waals surface area contributed by atoms with Gasteiger partial charge in [-0.1, -0.05) is 30.3 Å². The van der Waals surface area contributed by atoms with Gasteiger partial charge < -0.3 is 20.5 Å². The molecular weight excluding hydrogens is 330 g/mol. The number of amides is 1. The highest BCUT2D eigenvalue weighted by Crippen LogP contribution is 2.18. The minimum atomic E-state index is -0.189. The molecule has 26 heavy (non-hydrogen) atoms. The van der Waals surface area contributed by atoms with E-state index in [1.54, 1.807) is 18.2 Å². The normalized spacial score (nSPS) is 14.8. The number of anilines is 1. The summed E-state index contributed by atoms with van der Waals surface area (Å²) < 4.78 is 11.3. The van der Waals surface area contributed by atoms with Gasteiger partial charge in [0, 0.05) is 37.4 Å². The van der Waals surface area contributed by atoms with Gasteiger partial charge in [-0.05, 0) is 18.2 Å². The van der Waals surface area contributed by atoms with Gasteiger partial charge in [0.2, 0.25) is 0 Å². The molecule has 2 aromatic carbocycles. The van der Waals surface area contributed by atoms with Crippen molar-refractivity contribution >= 4 is 11.6 Å². The maximum absolute atomic E-state index is 12.3. The van der Waals surface area contributed by atoms with E-state index >= 15 is 0 Å². The Kier molecular flexibility index (Phi) is 6.46. The van der Waals surface area contributed by atoms with Crippen molar-refractivity contribution in [2.45, 2.75) is 6.54 Å². The van der Waals surface area contributed by atoms with Crippen LogP contribution < -0.4 is 15.8 Å². The first kappa shape index (κ1) is 18.2. The van der Waals surface area contributed by atoms with Gasteiger partial charge in [-0.25, -0.2) is 0 Å². The molecule has 0 unspecified atom stereocenters. The summed E-state index contributed by atoms with van der Waals surface area (Å²) >= 11 is 0. The van der Waals surface area contributed by atoms with Gasteiger partial charge in [0.05, 0.1) is 18.8 Å². The third-order valence-electron chi connectivity index (χ3n) is 4.39. The van der Waals surface area contributed by atoms with Crippen LogP contribution in [0, 0.1) is 0 Å². The van der Waals surface area contributed by atoms with Crippen molar-refractivity contribution in [3.8, 4) is 5.75 Å². The molecule has 0 radical (unpaired) electrons. The summed E-state index contributed by atoms with van der Waals surface area (Å²) in [5.74, 6) is 0.605. The van der Waals surface area contributed by atoms with Crippen LogP contribution in [-0.2, 0) is 11.3 Å². The lowest BCUT2D eigenvalue weighted by Gasteiger charge is -2.26. The minimum absolute atomic E-state index is 0.189. The predicted octanol–water partition coefficient (Wildman–Crippen LogP) is 1.91. The Morgan fingerprint density at radius 1 is 1.12 bits per heavy atom. The lowest BCUT2D eigenvalue weighted by molar-refractivity contribution is 0.0322. The van der Waals surface area contributed by atoms with Crippen molar-refractivity contribution in [3.05, 3.63) is 59.7 Å². The molecule has 6 nitrogen and oxygen atoms in total. The maximum Gasteiger partial charge on any atom is 0.253 e. The van der Waals surface area contributed by atoms with Crippen molar-refractivity contribution in [2.75, 3.05) is 45.2 Å². The van der Waals surface area contributed by atoms with E-state index in [1.165, 1.54) is 0 Å². The molecule has 1 amide bonds. The fourth-order valence-corrected chi connectivity index (χ4v) is 2.87. The number of morpholine rings is 1. The number of ether oxygens (including phenoxy) is 2. The monoisotopic (exact) mass is 355 g/mol. The highest BCUT2D eigenvalue weighted by atomic mass is 16.5. The molecule has 0 atom stereocenters. The van der Waals surface area contributed by atoms with Crippen LogP contribution in [0.1, 0.15) is 15.9 Å². The average molecular weight is 355 g/mol. The molecule has 0 bridgehead atoms. The van der Waals surface area contributed by atoms with E-state index < -0.39 is 0 Å². The summed E-state index contributed by atoms with van der Waals surface area (Å²) in [6.07, 6.45) is 0. The van der Waals surface area contributed by atoms with E-state index in [0.29, 0.717) is 24.4 Å². The Balaban J connectivity index is 1.53. The molecular formula is C20H25N3O3. The van der Waals surface area contributed by atoms with E-state index in [-0.39, 0.29) is 5.91 Å². The molecule has 1 saturated heterocycles. The van der Waals surface area contributed by atoms with Crippen molar-refractivity contribution < 1.29 is 14.3 Å². The molecule has 1 aliphatic heterocycles. The van der Waals surface area contributed by atoms with Crippen LogP contribution in [0.3, 0.4) is 0 Å². The van der Waals surface area contributed by atoms with Gasteiger partial charge >= 0.3 is 0 Å². The van der Waals surface area contributed by atoms with Crippen LogP contribution in [0.25, 0.3) is 0 Å². The van der Waals surface area contributed by atoms with Gasteiger partial charge in [0.25, 0.3) is 5.91 Å². The number of nitrogens with one attached hydrogen (secondary N) is 1. The fraction of sp³-hybridized carbons (Fsp3) is 0.350. The number of carbonyl (C=O) groups excluding carboxylic acids is 1. The van der Waals surface area contributed by atoms with Gasteiger partial charge in [-0.3, -0.25) is 9.69 Å². The highest BCUT2D eigenvalue weighted by Gasteiger charge is 2.12. The zero-order chi connectivity index (χ0) is 18.2. The lowest BCUT2D eigenvalue weighted by Crippen LogP contribution is -2.38. The summed E-state index contributed by atoms with van der Waals surface area (Å²) in [6.45, 7) is 5.32. The van der Waals surface area contributed by atoms with E-state index in [2.05, 4.69) is 10.2 Å². The minimum Gasteiger partial charge on any atom is -0.492 e. The smallest absolute Gasteiger partial charge is 0.253 e. The Morgan fingerprint density at radius 3 is 2.65 bits per heavy atom. The molecule has 1 aliphatic rings. The number of hydrogen-bond donors (Lipinski definition) is 2. The number of nitrogens with zero attached hydrogens (tertiary/aromatic N) is 1. The van der Waals surface area contributed by atoms with Crippen molar-refractivity contribution in [1.82, 2.24) is 10.2 Å². The van der Waals surface area contributed by atoms with E-state index in [0.717, 1.165) is 44.2 Å². The number of nitrogen functional groups attached to an aromatic ring is 1. The second-order valence-corrected chi connectivity index (χ2v) is 6.18. The van der Waals surface area contributed by atoms with Crippen LogP contribution >= 0.6 is 0 Å². The van der Waals surface area contributed by atoms with Crippen molar-refractivity contribution in [1.29, 1.82) is 0 Å². The van der Waals surface area contributed by atoms with E-state index in [9.17, 15) is 4.79 Å². The number of rotatable bonds is 7. The maximum atomic E-state index is 12.3. The van der Waals surface area contributed by atoms with Gasteiger partial charge in [-0.2, -0.15) is 0 Å². The van der Waals surface area contributed by atoms with Gasteiger partial charge in [0.15, 0.2) is 0 Å². The summed E-state index contributed by atoms with van der Waals surface area (Å²) in [4.78, 5) is 14.6. The second kappa shape index (κ2) is 9.22. The molecule has 0 aliphatic carbocycles. The molecule has 3 N–H and O–H groups in total.